The quantitative estimate of drug-likeness (QED) is 0.848. The van der Waals surface area contributed by atoms with E-state index in [2.05, 4.69) is 5.32 Å². The maximum absolute atomic E-state index is 14.1. The van der Waals surface area contributed by atoms with E-state index in [9.17, 15) is 17.6 Å². The second kappa shape index (κ2) is 6.94. The summed E-state index contributed by atoms with van der Waals surface area (Å²) >= 11 is 6.03. The topological polar surface area (TPSA) is 15.3 Å². The highest BCUT2D eigenvalue weighted by molar-refractivity contribution is 6.31. The van der Waals surface area contributed by atoms with Crippen LogP contribution in [0.3, 0.4) is 0 Å². The average Bonchev–Trinajstić information content (AvgIpc) is 2.42. The van der Waals surface area contributed by atoms with E-state index >= 15 is 0 Å². The van der Waals surface area contributed by atoms with E-state index < -0.39 is 24.5 Å². The molecule has 1 aromatic rings. The molecule has 0 bridgehead atoms. The van der Waals surface area contributed by atoms with Crippen molar-refractivity contribution in [3.8, 4) is 0 Å². The van der Waals surface area contributed by atoms with Gasteiger partial charge in [-0.05, 0) is 18.6 Å². The summed E-state index contributed by atoms with van der Waals surface area (Å²) < 4.78 is 51.7. The Morgan fingerprint density at radius 1 is 1.24 bits per heavy atom. The lowest BCUT2D eigenvalue weighted by Gasteiger charge is -2.36. The average molecular weight is 325 g/mol. The smallest absolute Gasteiger partial charge is 0.314 e. The summed E-state index contributed by atoms with van der Waals surface area (Å²) in [6, 6.07) is 3.56. The minimum atomic E-state index is -4.26. The fourth-order valence-electron chi connectivity index (χ4n) is 2.63. The van der Waals surface area contributed by atoms with Crippen molar-refractivity contribution in [1.29, 1.82) is 0 Å². The highest BCUT2D eigenvalue weighted by Gasteiger charge is 2.33. The summed E-state index contributed by atoms with van der Waals surface area (Å²) in [5.74, 6) is -0.548. The van der Waals surface area contributed by atoms with Gasteiger partial charge in [0.25, 0.3) is 0 Å². The third-order valence-electron chi connectivity index (χ3n) is 3.63. The molecule has 1 atom stereocenters. The van der Waals surface area contributed by atoms with E-state index in [1.807, 2.05) is 4.90 Å². The van der Waals surface area contributed by atoms with E-state index in [1.165, 1.54) is 18.2 Å². The maximum atomic E-state index is 14.1. The van der Waals surface area contributed by atoms with Crippen LogP contribution < -0.4 is 5.32 Å². The molecule has 0 saturated carbocycles. The normalized spacial score (nSPS) is 18.7. The first-order chi connectivity index (χ1) is 9.88. The molecule has 21 heavy (non-hydrogen) atoms. The number of hydrogen-bond acceptors (Lipinski definition) is 2. The third-order valence-corrected chi connectivity index (χ3v) is 3.96. The van der Waals surface area contributed by atoms with Crippen molar-refractivity contribution < 1.29 is 17.6 Å². The fourth-order valence-corrected chi connectivity index (χ4v) is 2.92. The first-order valence-corrected chi connectivity index (χ1v) is 7.22. The van der Waals surface area contributed by atoms with Gasteiger partial charge >= 0.3 is 6.18 Å². The van der Waals surface area contributed by atoms with Crippen LogP contribution in [-0.4, -0.2) is 37.3 Å². The molecule has 1 aliphatic heterocycles. The third kappa shape index (κ3) is 4.56. The van der Waals surface area contributed by atoms with Crippen LogP contribution >= 0.6 is 11.6 Å². The summed E-state index contributed by atoms with van der Waals surface area (Å²) in [5.41, 5.74) is 0.172. The van der Waals surface area contributed by atoms with Crippen LogP contribution in [0.5, 0.6) is 0 Å². The van der Waals surface area contributed by atoms with Gasteiger partial charge in [-0.25, -0.2) is 4.39 Å². The van der Waals surface area contributed by atoms with Crippen molar-refractivity contribution in [3.63, 3.8) is 0 Å². The Labute approximate surface area is 126 Å². The van der Waals surface area contributed by atoms with Gasteiger partial charge in [-0.2, -0.15) is 13.2 Å². The van der Waals surface area contributed by atoms with Crippen LogP contribution in [0.1, 0.15) is 24.4 Å². The molecule has 2 rings (SSSR count). The number of alkyl halides is 3. The van der Waals surface area contributed by atoms with Gasteiger partial charge < -0.3 is 5.32 Å². The van der Waals surface area contributed by atoms with Crippen LogP contribution in [0, 0.1) is 5.82 Å². The van der Waals surface area contributed by atoms with Gasteiger partial charge in [-0.1, -0.05) is 17.7 Å². The summed E-state index contributed by atoms with van der Waals surface area (Å²) in [4.78, 5) is 1.87. The molecule has 1 heterocycles. The van der Waals surface area contributed by atoms with Crippen LogP contribution in [-0.2, 0) is 0 Å². The van der Waals surface area contributed by atoms with E-state index in [-0.39, 0.29) is 17.0 Å². The molecule has 1 fully saturated rings. The number of hydrogen-bond donors (Lipinski definition) is 1. The molecular weight excluding hydrogens is 308 g/mol. The molecule has 118 valence electrons. The molecule has 1 aromatic carbocycles. The summed E-state index contributed by atoms with van der Waals surface area (Å²) in [6.07, 6.45) is -5.40. The Balaban J connectivity index is 2.26. The molecule has 0 radical (unpaired) electrons. The molecular formula is C14H17ClF4N2. The van der Waals surface area contributed by atoms with E-state index in [4.69, 9.17) is 11.6 Å². The highest BCUT2D eigenvalue weighted by atomic mass is 35.5. The minimum absolute atomic E-state index is 0.172. The molecule has 0 amide bonds. The molecule has 0 spiro atoms. The van der Waals surface area contributed by atoms with Gasteiger partial charge in [-0.3, -0.25) is 4.90 Å². The predicted octanol–water partition coefficient (Wildman–Crippen LogP) is 3.77. The number of rotatable bonds is 4. The van der Waals surface area contributed by atoms with E-state index in [1.54, 1.807) is 0 Å². The zero-order valence-electron chi connectivity index (χ0n) is 11.4. The van der Waals surface area contributed by atoms with Crippen molar-refractivity contribution in [2.24, 2.45) is 0 Å². The predicted molar refractivity (Wildman–Crippen MR) is 73.9 cm³/mol. The SMILES string of the molecule is Fc1cccc(Cl)c1[C@H](CCC(F)(F)F)N1CCNCC1. The van der Waals surface area contributed by atoms with Crippen molar-refractivity contribution >= 4 is 11.6 Å². The van der Waals surface area contributed by atoms with E-state index in [0.717, 1.165) is 0 Å². The van der Waals surface area contributed by atoms with Crippen molar-refractivity contribution in [2.75, 3.05) is 26.2 Å². The molecule has 0 unspecified atom stereocenters. The number of piperazine rings is 1. The van der Waals surface area contributed by atoms with Crippen molar-refractivity contribution in [2.45, 2.75) is 25.1 Å². The Kier molecular flexibility index (Phi) is 5.46. The van der Waals surface area contributed by atoms with Crippen molar-refractivity contribution in [3.05, 3.63) is 34.6 Å². The monoisotopic (exact) mass is 324 g/mol. The standard InChI is InChI=1S/C14H17ClF4N2/c15-10-2-1-3-11(16)13(10)12(4-5-14(17,18)19)21-8-6-20-7-9-21/h1-3,12,20H,4-9H2/t12-/m0/s1. The first-order valence-electron chi connectivity index (χ1n) is 6.84. The Hall–Kier alpha value is -0.850. The number of nitrogens with one attached hydrogen (secondary N) is 1. The van der Waals surface area contributed by atoms with Crippen LogP contribution in [0.15, 0.2) is 18.2 Å². The Morgan fingerprint density at radius 3 is 2.48 bits per heavy atom. The number of halogens is 5. The Bertz CT molecular complexity index is 452. The largest absolute Gasteiger partial charge is 0.389 e. The lowest BCUT2D eigenvalue weighted by Crippen LogP contribution is -2.45. The van der Waals surface area contributed by atoms with Gasteiger partial charge in [0.05, 0.1) is 0 Å². The second-order valence-electron chi connectivity index (χ2n) is 5.09. The molecule has 0 aliphatic carbocycles. The zero-order valence-corrected chi connectivity index (χ0v) is 12.1. The maximum Gasteiger partial charge on any atom is 0.389 e. The highest BCUT2D eigenvalue weighted by Crippen LogP contribution is 2.36. The van der Waals surface area contributed by atoms with Gasteiger partial charge in [0, 0.05) is 49.2 Å². The second-order valence-corrected chi connectivity index (χ2v) is 5.50. The molecule has 1 aliphatic rings. The van der Waals surface area contributed by atoms with Gasteiger partial charge in [0.2, 0.25) is 0 Å². The minimum Gasteiger partial charge on any atom is -0.314 e. The molecule has 7 heteroatoms. The van der Waals surface area contributed by atoms with Crippen molar-refractivity contribution in [1.82, 2.24) is 10.2 Å². The first kappa shape index (κ1) is 16.5. The molecule has 2 nitrogen and oxygen atoms in total. The molecule has 1 saturated heterocycles. The van der Waals surface area contributed by atoms with E-state index in [0.29, 0.717) is 26.2 Å². The Morgan fingerprint density at radius 2 is 1.90 bits per heavy atom. The summed E-state index contributed by atoms with van der Waals surface area (Å²) in [7, 11) is 0. The number of benzene rings is 1. The summed E-state index contributed by atoms with van der Waals surface area (Å²) in [6.45, 7) is 2.50. The zero-order chi connectivity index (χ0) is 15.5. The lowest BCUT2D eigenvalue weighted by molar-refractivity contribution is -0.138. The van der Waals surface area contributed by atoms with Gasteiger partial charge in [0.15, 0.2) is 0 Å². The van der Waals surface area contributed by atoms with Crippen LogP contribution in [0.2, 0.25) is 5.02 Å². The lowest BCUT2D eigenvalue weighted by atomic mass is 9.98. The van der Waals surface area contributed by atoms with Crippen LogP contribution in [0.25, 0.3) is 0 Å². The molecule has 1 N–H and O–H groups in total. The van der Waals surface area contributed by atoms with Crippen LogP contribution in [0.4, 0.5) is 17.6 Å². The van der Waals surface area contributed by atoms with Gasteiger partial charge in [0.1, 0.15) is 5.82 Å². The summed E-state index contributed by atoms with van der Waals surface area (Å²) in [5, 5.41) is 3.31. The number of nitrogens with zero attached hydrogens (tertiary/aromatic N) is 1. The van der Waals surface area contributed by atoms with Gasteiger partial charge in [-0.15, -0.1) is 0 Å². The molecule has 0 aromatic heterocycles. The fraction of sp³-hybridized carbons (Fsp3) is 0.571.